The summed E-state index contributed by atoms with van der Waals surface area (Å²) in [6, 6.07) is 8.02. The van der Waals surface area contributed by atoms with E-state index in [-0.39, 0.29) is 6.04 Å². The molecule has 0 fully saturated rings. The highest BCUT2D eigenvalue weighted by Crippen LogP contribution is 2.18. The molecule has 0 spiro atoms. The Hall–Kier alpha value is -1.14. The molecule has 1 rings (SSSR count). The maximum atomic E-state index is 9.79. The fourth-order valence-electron chi connectivity index (χ4n) is 1.76. The molecule has 5 heteroatoms. The van der Waals surface area contributed by atoms with Crippen molar-refractivity contribution >= 4 is 0 Å². The maximum Gasteiger partial charge on any atom is 0.119 e. The number of hydrogen-bond acceptors (Lipinski definition) is 5. The summed E-state index contributed by atoms with van der Waals surface area (Å²) in [5, 5.41) is 13.1. The van der Waals surface area contributed by atoms with E-state index in [1.165, 1.54) is 0 Å². The number of nitrogens with one attached hydrogen (secondary N) is 1. The van der Waals surface area contributed by atoms with Crippen LogP contribution in [0.3, 0.4) is 0 Å². The average Bonchev–Trinajstić information content (AvgIpc) is 2.49. The highest BCUT2D eigenvalue weighted by Gasteiger charge is 2.09. The number of ether oxygens (including phenoxy) is 3. The molecular formula is C15H25NO4. The molecule has 2 atom stereocenters. The molecule has 0 bridgehead atoms. The number of benzene rings is 1. The van der Waals surface area contributed by atoms with Gasteiger partial charge >= 0.3 is 0 Å². The van der Waals surface area contributed by atoms with Crippen LogP contribution in [0, 0.1) is 0 Å². The maximum absolute atomic E-state index is 9.79. The van der Waals surface area contributed by atoms with Crippen LogP contribution in [-0.2, 0) is 9.47 Å². The number of hydrogen-bond donors (Lipinski definition) is 2. The van der Waals surface area contributed by atoms with Crippen LogP contribution in [-0.4, -0.2) is 51.8 Å². The van der Waals surface area contributed by atoms with Crippen LogP contribution in [0.15, 0.2) is 24.3 Å². The van der Waals surface area contributed by atoms with Crippen LogP contribution in [0.4, 0.5) is 0 Å². The van der Waals surface area contributed by atoms with Crippen molar-refractivity contribution in [2.75, 3.05) is 40.6 Å². The van der Waals surface area contributed by atoms with Crippen LogP contribution < -0.4 is 10.1 Å². The highest BCUT2D eigenvalue weighted by molar-refractivity contribution is 5.30. The van der Waals surface area contributed by atoms with Crippen LogP contribution >= 0.6 is 0 Å². The van der Waals surface area contributed by atoms with Crippen LogP contribution in [0.1, 0.15) is 18.5 Å². The van der Waals surface area contributed by atoms with Crippen molar-refractivity contribution < 1.29 is 19.3 Å². The van der Waals surface area contributed by atoms with Gasteiger partial charge in [0.15, 0.2) is 0 Å². The zero-order chi connectivity index (χ0) is 14.8. The number of aliphatic hydroxyl groups excluding tert-OH is 1. The summed E-state index contributed by atoms with van der Waals surface area (Å²) in [5.41, 5.74) is 1.12. The van der Waals surface area contributed by atoms with Gasteiger partial charge in [0.1, 0.15) is 5.75 Å². The van der Waals surface area contributed by atoms with Gasteiger partial charge in [0.2, 0.25) is 0 Å². The predicted octanol–water partition coefficient (Wildman–Crippen LogP) is 1.37. The molecule has 1 aromatic rings. The normalized spacial score (nSPS) is 14.0. The zero-order valence-corrected chi connectivity index (χ0v) is 12.5. The van der Waals surface area contributed by atoms with E-state index in [4.69, 9.17) is 14.2 Å². The third kappa shape index (κ3) is 6.34. The molecule has 0 aliphatic rings. The average molecular weight is 283 g/mol. The van der Waals surface area contributed by atoms with E-state index < -0.39 is 6.10 Å². The molecule has 0 aliphatic carbocycles. The summed E-state index contributed by atoms with van der Waals surface area (Å²) in [4.78, 5) is 0. The minimum Gasteiger partial charge on any atom is -0.497 e. The molecule has 114 valence electrons. The van der Waals surface area contributed by atoms with Gasteiger partial charge < -0.3 is 24.6 Å². The van der Waals surface area contributed by atoms with Gasteiger partial charge in [-0.25, -0.2) is 0 Å². The molecule has 20 heavy (non-hydrogen) atoms. The minimum absolute atomic E-state index is 0.138. The largest absolute Gasteiger partial charge is 0.497 e. The zero-order valence-electron chi connectivity index (χ0n) is 12.5. The molecule has 0 heterocycles. The van der Waals surface area contributed by atoms with E-state index in [2.05, 4.69) is 5.32 Å². The number of methoxy groups -OCH3 is 2. The lowest BCUT2D eigenvalue weighted by molar-refractivity contribution is 0.0130. The highest BCUT2D eigenvalue weighted by atomic mass is 16.5. The molecular weight excluding hydrogens is 258 g/mol. The Bertz CT molecular complexity index is 373. The Labute approximate surface area is 120 Å². The molecule has 0 saturated heterocycles. The van der Waals surface area contributed by atoms with Crippen molar-refractivity contribution in [1.82, 2.24) is 5.32 Å². The molecule has 0 aromatic heterocycles. The van der Waals surface area contributed by atoms with Crippen molar-refractivity contribution in [1.29, 1.82) is 0 Å². The minimum atomic E-state index is -0.528. The third-order valence-corrected chi connectivity index (χ3v) is 3.00. The number of rotatable bonds is 10. The van der Waals surface area contributed by atoms with Gasteiger partial charge in [-0.2, -0.15) is 0 Å². The van der Waals surface area contributed by atoms with Gasteiger partial charge in [-0.15, -0.1) is 0 Å². The second kappa shape index (κ2) is 9.72. The lowest BCUT2D eigenvalue weighted by Crippen LogP contribution is -2.32. The second-order valence-electron chi connectivity index (χ2n) is 4.63. The molecule has 0 amide bonds. The van der Waals surface area contributed by atoms with Crippen molar-refractivity contribution in [2.45, 2.75) is 19.1 Å². The summed E-state index contributed by atoms with van der Waals surface area (Å²) in [6.45, 7) is 3.87. The Kier molecular flexibility index (Phi) is 8.22. The first-order valence-corrected chi connectivity index (χ1v) is 6.79. The summed E-state index contributed by atoms with van der Waals surface area (Å²) < 4.78 is 15.3. The van der Waals surface area contributed by atoms with E-state index in [1.54, 1.807) is 14.2 Å². The molecule has 0 aliphatic heterocycles. The fraction of sp³-hybridized carbons (Fsp3) is 0.600. The van der Waals surface area contributed by atoms with Crippen molar-refractivity contribution in [3.05, 3.63) is 29.8 Å². The van der Waals surface area contributed by atoms with Crippen LogP contribution in [0.5, 0.6) is 5.75 Å². The first-order chi connectivity index (χ1) is 9.67. The fourth-order valence-corrected chi connectivity index (χ4v) is 1.76. The lowest BCUT2D eigenvalue weighted by atomic mass is 10.1. The van der Waals surface area contributed by atoms with Crippen molar-refractivity contribution in [2.24, 2.45) is 0 Å². The van der Waals surface area contributed by atoms with E-state index in [9.17, 15) is 5.11 Å². The molecule has 0 radical (unpaired) electrons. The number of aliphatic hydroxyl groups is 1. The van der Waals surface area contributed by atoms with E-state index >= 15 is 0 Å². The molecule has 2 N–H and O–H groups in total. The Morgan fingerprint density at radius 2 is 2.05 bits per heavy atom. The van der Waals surface area contributed by atoms with Gasteiger partial charge in [0, 0.05) is 19.7 Å². The second-order valence-corrected chi connectivity index (χ2v) is 4.63. The summed E-state index contributed by atoms with van der Waals surface area (Å²) in [6.07, 6.45) is -0.528. The molecule has 1 unspecified atom stereocenters. The van der Waals surface area contributed by atoms with Gasteiger partial charge in [0.25, 0.3) is 0 Å². The summed E-state index contributed by atoms with van der Waals surface area (Å²) in [5.74, 6) is 0.833. The van der Waals surface area contributed by atoms with Crippen molar-refractivity contribution in [3.8, 4) is 5.75 Å². The molecule has 0 saturated carbocycles. The topological polar surface area (TPSA) is 60.0 Å². The Morgan fingerprint density at radius 1 is 1.25 bits per heavy atom. The predicted molar refractivity (Wildman–Crippen MR) is 78.1 cm³/mol. The van der Waals surface area contributed by atoms with E-state index in [0.717, 1.165) is 11.3 Å². The Balaban J connectivity index is 2.29. The van der Waals surface area contributed by atoms with E-state index in [1.807, 2.05) is 31.2 Å². The van der Waals surface area contributed by atoms with Crippen molar-refractivity contribution in [3.63, 3.8) is 0 Å². The van der Waals surface area contributed by atoms with Crippen LogP contribution in [0.2, 0.25) is 0 Å². The van der Waals surface area contributed by atoms with Gasteiger partial charge in [-0.1, -0.05) is 12.1 Å². The SMILES string of the molecule is COCCOCC(O)CN[C@H](C)c1cccc(OC)c1. The monoisotopic (exact) mass is 283 g/mol. The van der Waals surface area contributed by atoms with E-state index in [0.29, 0.717) is 26.4 Å². The summed E-state index contributed by atoms with van der Waals surface area (Å²) >= 11 is 0. The molecule has 1 aromatic carbocycles. The quantitative estimate of drug-likeness (QED) is 0.635. The van der Waals surface area contributed by atoms with Gasteiger partial charge in [-0.3, -0.25) is 0 Å². The summed E-state index contributed by atoms with van der Waals surface area (Å²) in [7, 11) is 3.27. The third-order valence-electron chi connectivity index (χ3n) is 3.00. The first kappa shape index (κ1) is 16.9. The molecule has 5 nitrogen and oxygen atoms in total. The van der Waals surface area contributed by atoms with Gasteiger partial charge in [-0.05, 0) is 24.6 Å². The first-order valence-electron chi connectivity index (χ1n) is 6.79. The van der Waals surface area contributed by atoms with Crippen LogP contribution in [0.25, 0.3) is 0 Å². The smallest absolute Gasteiger partial charge is 0.119 e. The lowest BCUT2D eigenvalue weighted by Gasteiger charge is -2.18. The Morgan fingerprint density at radius 3 is 2.75 bits per heavy atom. The standard InChI is InChI=1S/C15H25NO4/c1-12(13-5-4-6-15(9-13)19-3)16-10-14(17)11-20-8-7-18-2/h4-6,9,12,14,16-17H,7-8,10-11H2,1-3H3/t12-,14?/m1/s1. The van der Waals surface area contributed by atoms with Gasteiger partial charge in [0.05, 0.1) is 33.0 Å².